The molecule has 0 saturated carbocycles. The zero-order valence-corrected chi connectivity index (χ0v) is 10.5. The second kappa shape index (κ2) is 5.01. The average Bonchev–Trinajstić information content (AvgIpc) is 2.70. The van der Waals surface area contributed by atoms with E-state index in [4.69, 9.17) is 5.84 Å². The topological polar surface area (TPSA) is 72.9 Å². The van der Waals surface area contributed by atoms with Crippen molar-refractivity contribution < 1.29 is 4.79 Å². The number of carbonyl (C=O) groups excluding carboxylic acids is 1. The van der Waals surface area contributed by atoms with Crippen LogP contribution in [0.4, 0.5) is 0 Å². The summed E-state index contributed by atoms with van der Waals surface area (Å²) in [6.07, 6.45) is 1.81. The zero-order chi connectivity index (χ0) is 13.1. The Morgan fingerprint density at radius 3 is 2.83 bits per heavy atom. The van der Waals surface area contributed by atoms with Crippen LogP contribution < -0.4 is 11.3 Å². The van der Waals surface area contributed by atoms with E-state index in [0.29, 0.717) is 12.1 Å². The molecule has 0 bridgehead atoms. The van der Waals surface area contributed by atoms with Crippen molar-refractivity contribution in [1.29, 1.82) is 0 Å². The number of aryl methyl sites for hydroxylation is 1. The summed E-state index contributed by atoms with van der Waals surface area (Å²) < 4.78 is 2.05. The van der Waals surface area contributed by atoms with Crippen LogP contribution in [0.3, 0.4) is 0 Å². The standard InChI is InChI=1S/C13H16N4O/c1-9-10(2)17(8-15-9)7-11-4-3-5-12(6-11)13(18)16-14/h3-6,8H,7,14H2,1-2H3,(H,16,18). The van der Waals surface area contributed by atoms with Crippen LogP contribution in [0.1, 0.15) is 27.3 Å². The first-order valence-electron chi connectivity index (χ1n) is 5.70. The van der Waals surface area contributed by atoms with Crippen LogP contribution in [0.15, 0.2) is 30.6 Å². The van der Waals surface area contributed by atoms with Crippen molar-refractivity contribution in [2.75, 3.05) is 0 Å². The molecule has 0 unspecified atom stereocenters. The lowest BCUT2D eigenvalue weighted by molar-refractivity contribution is 0.0953. The average molecular weight is 244 g/mol. The minimum atomic E-state index is -0.282. The summed E-state index contributed by atoms with van der Waals surface area (Å²) in [6.45, 7) is 4.70. The maximum Gasteiger partial charge on any atom is 0.265 e. The normalized spacial score (nSPS) is 10.4. The Morgan fingerprint density at radius 2 is 2.22 bits per heavy atom. The van der Waals surface area contributed by atoms with Gasteiger partial charge in [-0.15, -0.1) is 0 Å². The van der Waals surface area contributed by atoms with Gasteiger partial charge in [-0.1, -0.05) is 12.1 Å². The highest BCUT2D eigenvalue weighted by Crippen LogP contribution is 2.10. The number of nitrogens with one attached hydrogen (secondary N) is 1. The molecule has 0 spiro atoms. The molecule has 0 radical (unpaired) electrons. The van der Waals surface area contributed by atoms with Crippen LogP contribution in [0.5, 0.6) is 0 Å². The van der Waals surface area contributed by atoms with E-state index in [-0.39, 0.29) is 5.91 Å². The predicted molar refractivity (Wildman–Crippen MR) is 68.9 cm³/mol. The lowest BCUT2D eigenvalue weighted by atomic mass is 10.1. The van der Waals surface area contributed by atoms with Crippen molar-refractivity contribution in [1.82, 2.24) is 15.0 Å². The largest absolute Gasteiger partial charge is 0.330 e. The van der Waals surface area contributed by atoms with Crippen LogP contribution in [-0.2, 0) is 6.54 Å². The van der Waals surface area contributed by atoms with E-state index >= 15 is 0 Å². The molecule has 1 aromatic heterocycles. The van der Waals surface area contributed by atoms with Gasteiger partial charge in [0.25, 0.3) is 5.91 Å². The number of imidazole rings is 1. The van der Waals surface area contributed by atoms with Gasteiger partial charge in [0.1, 0.15) is 0 Å². The smallest absolute Gasteiger partial charge is 0.265 e. The van der Waals surface area contributed by atoms with Gasteiger partial charge in [0.2, 0.25) is 0 Å². The molecule has 2 rings (SSSR count). The van der Waals surface area contributed by atoms with Gasteiger partial charge in [-0.3, -0.25) is 10.2 Å². The second-order valence-electron chi connectivity index (χ2n) is 4.22. The number of nitrogens with two attached hydrogens (primary N) is 1. The summed E-state index contributed by atoms with van der Waals surface area (Å²) in [5.41, 5.74) is 5.88. The number of rotatable bonds is 3. The molecule has 5 nitrogen and oxygen atoms in total. The number of nitrogens with zero attached hydrogens (tertiary/aromatic N) is 2. The summed E-state index contributed by atoms with van der Waals surface area (Å²) in [7, 11) is 0. The van der Waals surface area contributed by atoms with Crippen LogP contribution >= 0.6 is 0 Å². The third kappa shape index (κ3) is 2.41. The maximum atomic E-state index is 11.4. The van der Waals surface area contributed by atoms with Crippen molar-refractivity contribution in [3.8, 4) is 0 Å². The maximum absolute atomic E-state index is 11.4. The summed E-state index contributed by atoms with van der Waals surface area (Å²) in [6, 6.07) is 7.38. The van der Waals surface area contributed by atoms with Crippen molar-refractivity contribution in [2.45, 2.75) is 20.4 Å². The summed E-state index contributed by atoms with van der Waals surface area (Å²) in [5, 5.41) is 0. The summed E-state index contributed by atoms with van der Waals surface area (Å²) >= 11 is 0. The Bertz CT molecular complexity index is 574. The molecule has 0 atom stereocenters. The van der Waals surface area contributed by atoms with Gasteiger partial charge < -0.3 is 4.57 Å². The minimum absolute atomic E-state index is 0.282. The van der Waals surface area contributed by atoms with Gasteiger partial charge in [-0.05, 0) is 31.5 Å². The molecule has 0 aliphatic carbocycles. The molecular weight excluding hydrogens is 228 g/mol. The fraction of sp³-hybridized carbons (Fsp3) is 0.231. The van der Waals surface area contributed by atoms with Crippen molar-refractivity contribution in [2.24, 2.45) is 5.84 Å². The number of hydrazine groups is 1. The number of carbonyl (C=O) groups is 1. The molecule has 0 aliphatic rings. The number of amides is 1. The van der Waals surface area contributed by atoms with E-state index in [1.165, 1.54) is 0 Å². The van der Waals surface area contributed by atoms with E-state index in [1.54, 1.807) is 12.4 Å². The fourth-order valence-corrected chi connectivity index (χ4v) is 1.79. The molecule has 5 heteroatoms. The highest BCUT2D eigenvalue weighted by molar-refractivity contribution is 5.93. The van der Waals surface area contributed by atoms with Gasteiger partial charge >= 0.3 is 0 Å². The Kier molecular flexibility index (Phi) is 3.43. The van der Waals surface area contributed by atoms with Crippen LogP contribution in [0, 0.1) is 13.8 Å². The Morgan fingerprint density at radius 1 is 1.44 bits per heavy atom. The second-order valence-corrected chi connectivity index (χ2v) is 4.22. The first-order chi connectivity index (χ1) is 8.61. The quantitative estimate of drug-likeness (QED) is 0.483. The van der Waals surface area contributed by atoms with Crippen LogP contribution in [-0.4, -0.2) is 15.5 Å². The molecule has 0 saturated heterocycles. The highest BCUT2D eigenvalue weighted by Gasteiger charge is 2.06. The first kappa shape index (κ1) is 12.3. The predicted octanol–water partition coefficient (Wildman–Crippen LogP) is 1.15. The number of benzene rings is 1. The molecule has 1 aromatic carbocycles. The SMILES string of the molecule is Cc1ncn(Cc2cccc(C(=O)NN)c2)c1C. The Balaban J connectivity index is 2.24. The van der Waals surface area contributed by atoms with E-state index in [2.05, 4.69) is 15.0 Å². The van der Waals surface area contributed by atoms with E-state index < -0.39 is 0 Å². The third-order valence-electron chi connectivity index (χ3n) is 3.02. The molecule has 0 fully saturated rings. The molecular formula is C13H16N4O. The molecule has 0 aliphatic heterocycles. The van der Waals surface area contributed by atoms with Gasteiger partial charge in [0.05, 0.1) is 12.0 Å². The van der Waals surface area contributed by atoms with Gasteiger partial charge in [0.15, 0.2) is 0 Å². The van der Waals surface area contributed by atoms with Gasteiger partial charge in [-0.2, -0.15) is 0 Å². The van der Waals surface area contributed by atoms with Gasteiger partial charge in [-0.25, -0.2) is 10.8 Å². The fourth-order valence-electron chi connectivity index (χ4n) is 1.79. The van der Waals surface area contributed by atoms with Crippen molar-refractivity contribution >= 4 is 5.91 Å². The Hall–Kier alpha value is -2.14. The van der Waals surface area contributed by atoms with Crippen LogP contribution in [0.25, 0.3) is 0 Å². The third-order valence-corrected chi connectivity index (χ3v) is 3.02. The molecule has 94 valence electrons. The number of nitrogen functional groups attached to an aromatic ring is 1. The monoisotopic (exact) mass is 244 g/mol. The van der Waals surface area contributed by atoms with E-state index in [9.17, 15) is 4.79 Å². The van der Waals surface area contributed by atoms with Crippen molar-refractivity contribution in [3.63, 3.8) is 0 Å². The molecule has 1 heterocycles. The molecule has 18 heavy (non-hydrogen) atoms. The first-order valence-corrected chi connectivity index (χ1v) is 5.70. The van der Waals surface area contributed by atoms with E-state index in [0.717, 1.165) is 17.0 Å². The van der Waals surface area contributed by atoms with E-state index in [1.807, 2.05) is 32.0 Å². The lowest BCUT2D eigenvalue weighted by Crippen LogP contribution is -2.30. The number of hydrogen-bond acceptors (Lipinski definition) is 3. The summed E-state index contributed by atoms with van der Waals surface area (Å²) in [4.78, 5) is 15.7. The van der Waals surface area contributed by atoms with Crippen LogP contribution in [0.2, 0.25) is 0 Å². The molecule has 3 N–H and O–H groups in total. The molecule has 1 amide bonds. The Labute approximate surface area is 106 Å². The lowest BCUT2D eigenvalue weighted by Gasteiger charge is -2.07. The molecule has 2 aromatic rings. The minimum Gasteiger partial charge on any atom is -0.330 e. The van der Waals surface area contributed by atoms with Crippen molar-refractivity contribution in [3.05, 3.63) is 53.1 Å². The number of aromatic nitrogens is 2. The van der Waals surface area contributed by atoms with Gasteiger partial charge in [0, 0.05) is 17.8 Å². The number of hydrogen-bond donors (Lipinski definition) is 2. The zero-order valence-electron chi connectivity index (χ0n) is 10.5. The highest BCUT2D eigenvalue weighted by atomic mass is 16.2. The summed E-state index contributed by atoms with van der Waals surface area (Å²) in [5.74, 6) is 4.84.